The SMILES string of the molecule is Cc1ccc(S(=O)(=O)N2N=C(c3ccc(F)cc3)C[C@@H]2c2ccc(F)cc2)cc1. The van der Waals surface area contributed by atoms with Crippen LogP contribution in [-0.4, -0.2) is 18.5 Å². The van der Waals surface area contributed by atoms with Crippen LogP contribution in [0, 0.1) is 18.6 Å². The molecule has 0 saturated heterocycles. The van der Waals surface area contributed by atoms with E-state index >= 15 is 0 Å². The van der Waals surface area contributed by atoms with Crippen molar-refractivity contribution in [2.75, 3.05) is 0 Å². The topological polar surface area (TPSA) is 49.7 Å². The monoisotopic (exact) mass is 412 g/mol. The maximum Gasteiger partial charge on any atom is 0.279 e. The zero-order valence-electron chi connectivity index (χ0n) is 15.6. The lowest BCUT2D eigenvalue weighted by molar-refractivity contribution is 0.371. The molecule has 1 aliphatic rings. The lowest BCUT2D eigenvalue weighted by atomic mass is 9.99. The Kier molecular flexibility index (Phi) is 4.92. The van der Waals surface area contributed by atoms with Crippen molar-refractivity contribution in [1.82, 2.24) is 4.41 Å². The number of benzene rings is 3. The molecular formula is C22H18F2N2O2S. The Bertz CT molecular complexity index is 1160. The van der Waals surface area contributed by atoms with Crippen LogP contribution in [0.15, 0.2) is 82.8 Å². The van der Waals surface area contributed by atoms with Crippen LogP contribution in [0.2, 0.25) is 0 Å². The predicted octanol–water partition coefficient (Wildman–Crippen LogP) is 4.81. The van der Waals surface area contributed by atoms with Crippen molar-refractivity contribution in [1.29, 1.82) is 0 Å². The number of hydrazone groups is 1. The van der Waals surface area contributed by atoms with Crippen LogP contribution in [0.5, 0.6) is 0 Å². The fourth-order valence-electron chi connectivity index (χ4n) is 3.28. The first-order valence-electron chi connectivity index (χ1n) is 9.04. The fraction of sp³-hybridized carbons (Fsp3) is 0.136. The summed E-state index contributed by atoms with van der Waals surface area (Å²) in [4.78, 5) is 0.124. The van der Waals surface area contributed by atoms with Crippen molar-refractivity contribution in [3.8, 4) is 0 Å². The highest BCUT2D eigenvalue weighted by molar-refractivity contribution is 7.89. The summed E-state index contributed by atoms with van der Waals surface area (Å²) in [5.41, 5.74) is 2.73. The summed E-state index contributed by atoms with van der Waals surface area (Å²) in [6, 6.07) is 17.4. The molecule has 1 atom stereocenters. The van der Waals surface area contributed by atoms with Crippen LogP contribution in [-0.2, 0) is 10.0 Å². The molecular weight excluding hydrogens is 394 g/mol. The van der Waals surface area contributed by atoms with E-state index in [0.717, 1.165) is 9.98 Å². The molecule has 29 heavy (non-hydrogen) atoms. The molecule has 0 radical (unpaired) electrons. The molecule has 7 heteroatoms. The molecule has 0 bridgehead atoms. The van der Waals surface area contributed by atoms with E-state index in [2.05, 4.69) is 5.10 Å². The molecule has 0 unspecified atom stereocenters. The number of hydrogen-bond acceptors (Lipinski definition) is 3. The van der Waals surface area contributed by atoms with E-state index in [4.69, 9.17) is 0 Å². The first-order chi connectivity index (χ1) is 13.8. The Morgan fingerprint density at radius 3 is 2.00 bits per heavy atom. The van der Waals surface area contributed by atoms with Crippen LogP contribution in [0.4, 0.5) is 8.78 Å². The van der Waals surface area contributed by atoms with Gasteiger partial charge in [-0.3, -0.25) is 0 Å². The maximum absolute atomic E-state index is 13.4. The van der Waals surface area contributed by atoms with Gasteiger partial charge in [0.1, 0.15) is 11.6 Å². The third kappa shape index (κ3) is 3.78. The van der Waals surface area contributed by atoms with Crippen molar-refractivity contribution >= 4 is 15.7 Å². The Morgan fingerprint density at radius 2 is 1.41 bits per heavy atom. The van der Waals surface area contributed by atoms with Gasteiger partial charge >= 0.3 is 0 Å². The van der Waals surface area contributed by atoms with Gasteiger partial charge in [-0.25, -0.2) is 8.78 Å². The summed E-state index contributed by atoms with van der Waals surface area (Å²) in [5, 5.41) is 4.38. The summed E-state index contributed by atoms with van der Waals surface area (Å²) < 4.78 is 54.4. The lowest BCUT2D eigenvalue weighted by Gasteiger charge is -2.23. The van der Waals surface area contributed by atoms with E-state index in [1.807, 2.05) is 6.92 Å². The molecule has 4 rings (SSSR count). The molecule has 3 aromatic carbocycles. The number of aryl methyl sites for hydroxylation is 1. The van der Waals surface area contributed by atoms with Gasteiger partial charge in [-0.1, -0.05) is 42.0 Å². The molecule has 148 valence electrons. The third-order valence-electron chi connectivity index (χ3n) is 4.87. The predicted molar refractivity (Wildman–Crippen MR) is 107 cm³/mol. The number of hydrogen-bond donors (Lipinski definition) is 0. The number of nitrogens with zero attached hydrogens (tertiary/aromatic N) is 2. The van der Waals surface area contributed by atoms with E-state index in [-0.39, 0.29) is 10.7 Å². The third-order valence-corrected chi connectivity index (χ3v) is 6.57. The zero-order valence-corrected chi connectivity index (χ0v) is 16.4. The molecule has 4 nitrogen and oxygen atoms in total. The quantitative estimate of drug-likeness (QED) is 0.617. The molecule has 0 spiro atoms. The normalized spacial score (nSPS) is 16.7. The first-order valence-corrected chi connectivity index (χ1v) is 10.5. The van der Waals surface area contributed by atoms with Gasteiger partial charge in [0.25, 0.3) is 10.0 Å². The summed E-state index contributed by atoms with van der Waals surface area (Å²) >= 11 is 0. The first kappa shape index (κ1) is 19.3. The summed E-state index contributed by atoms with van der Waals surface area (Å²) in [6.45, 7) is 1.87. The fourth-order valence-corrected chi connectivity index (χ4v) is 4.71. The van der Waals surface area contributed by atoms with Crippen LogP contribution < -0.4 is 0 Å². The molecule has 0 fully saturated rings. The molecule has 0 saturated carbocycles. The minimum atomic E-state index is -3.93. The van der Waals surface area contributed by atoms with Gasteiger partial charge in [0.15, 0.2) is 0 Å². The average molecular weight is 412 g/mol. The van der Waals surface area contributed by atoms with Gasteiger partial charge in [0.2, 0.25) is 0 Å². The van der Waals surface area contributed by atoms with Gasteiger partial charge in [0, 0.05) is 6.42 Å². The van der Waals surface area contributed by atoms with Gasteiger partial charge in [-0.2, -0.15) is 17.9 Å². The minimum Gasteiger partial charge on any atom is -0.207 e. The molecule has 0 aromatic heterocycles. The van der Waals surface area contributed by atoms with Gasteiger partial charge in [0.05, 0.1) is 16.6 Å². The number of sulfonamides is 1. The second-order valence-corrected chi connectivity index (χ2v) is 8.71. The van der Waals surface area contributed by atoms with E-state index in [0.29, 0.717) is 23.3 Å². The number of halogens is 2. The van der Waals surface area contributed by atoms with E-state index in [1.165, 1.54) is 36.4 Å². The molecule has 0 aliphatic carbocycles. The van der Waals surface area contributed by atoms with Crippen LogP contribution in [0.1, 0.15) is 29.2 Å². The minimum absolute atomic E-state index is 0.124. The molecule has 3 aromatic rings. The smallest absolute Gasteiger partial charge is 0.207 e. The second kappa shape index (κ2) is 7.40. The standard InChI is InChI=1S/C22H18F2N2O2S/c1-15-2-12-20(13-3-15)29(27,28)26-22(17-6-10-19(24)11-7-17)14-21(25-26)16-4-8-18(23)9-5-16/h2-13,22H,14H2,1H3/t22-/m1/s1. The highest BCUT2D eigenvalue weighted by Gasteiger charge is 2.37. The molecule has 0 N–H and O–H groups in total. The highest BCUT2D eigenvalue weighted by Crippen LogP contribution is 2.37. The zero-order chi connectivity index (χ0) is 20.6. The van der Waals surface area contributed by atoms with Crippen molar-refractivity contribution in [2.45, 2.75) is 24.3 Å². The second-order valence-electron chi connectivity index (χ2n) is 6.92. The molecule has 0 amide bonds. The van der Waals surface area contributed by atoms with Crippen molar-refractivity contribution < 1.29 is 17.2 Å². The van der Waals surface area contributed by atoms with Crippen molar-refractivity contribution in [3.05, 3.63) is 101 Å². The Morgan fingerprint density at radius 1 is 0.862 bits per heavy atom. The van der Waals surface area contributed by atoms with Crippen molar-refractivity contribution in [2.24, 2.45) is 5.10 Å². The Labute approximate surface area is 168 Å². The Hall–Kier alpha value is -3.06. The average Bonchev–Trinajstić information content (AvgIpc) is 3.16. The molecule has 1 heterocycles. The lowest BCUT2D eigenvalue weighted by Crippen LogP contribution is -2.27. The van der Waals surface area contributed by atoms with Crippen LogP contribution in [0.3, 0.4) is 0 Å². The highest BCUT2D eigenvalue weighted by atomic mass is 32.2. The number of rotatable bonds is 4. The van der Waals surface area contributed by atoms with E-state index < -0.39 is 21.9 Å². The van der Waals surface area contributed by atoms with Crippen LogP contribution in [0.25, 0.3) is 0 Å². The Balaban J connectivity index is 1.79. The summed E-state index contributed by atoms with van der Waals surface area (Å²) in [5.74, 6) is -0.786. The van der Waals surface area contributed by atoms with Gasteiger partial charge < -0.3 is 0 Å². The molecule has 1 aliphatic heterocycles. The van der Waals surface area contributed by atoms with Gasteiger partial charge in [-0.05, 0) is 54.4 Å². The summed E-state index contributed by atoms with van der Waals surface area (Å²) in [6.07, 6.45) is 0.294. The summed E-state index contributed by atoms with van der Waals surface area (Å²) in [7, 11) is -3.93. The van der Waals surface area contributed by atoms with Crippen LogP contribution >= 0.6 is 0 Å². The van der Waals surface area contributed by atoms with E-state index in [9.17, 15) is 17.2 Å². The van der Waals surface area contributed by atoms with Gasteiger partial charge in [-0.15, -0.1) is 0 Å². The van der Waals surface area contributed by atoms with E-state index in [1.54, 1.807) is 36.4 Å². The maximum atomic E-state index is 13.4. The largest absolute Gasteiger partial charge is 0.279 e. The van der Waals surface area contributed by atoms with Crippen molar-refractivity contribution in [3.63, 3.8) is 0 Å².